The lowest BCUT2D eigenvalue weighted by Crippen LogP contribution is -2.06. The zero-order chi connectivity index (χ0) is 14.0. The Labute approximate surface area is 118 Å². The fourth-order valence-corrected chi connectivity index (χ4v) is 2.27. The number of benzene rings is 2. The van der Waals surface area contributed by atoms with Crippen molar-refractivity contribution in [2.24, 2.45) is 0 Å². The number of Topliss-reactive ketones (excluding diaryl/α,β-unsaturated/α-hetero) is 1. The van der Waals surface area contributed by atoms with Gasteiger partial charge in [-0.25, -0.2) is 8.78 Å². The van der Waals surface area contributed by atoms with E-state index in [0.29, 0.717) is 11.1 Å². The predicted octanol–water partition coefficient (Wildman–Crippen LogP) is 4.46. The molecule has 0 heterocycles. The molecular weight excluding hydrogens is 314 g/mol. The zero-order valence-electron chi connectivity index (χ0n) is 10.2. The quantitative estimate of drug-likeness (QED) is 0.762. The highest BCUT2D eigenvalue weighted by molar-refractivity contribution is 9.10. The highest BCUT2D eigenvalue weighted by atomic mass is 79.9. The molecule has 0 saturated heterocycles. The topological polar surface area (TPSA) is 17.1 Å². The van der Waals surface area contributed by atoms with E-state index in [0.717, 1.165) is 16.1 Å². The second kappa shape index (κ2) is 5.61. The van der Waals surface area contributed by atoms with Gasteiger partial charge < -0.3 is 0 Å². The summed E-state index contributed by atoms with van der Waals surface area (Å²) >= 11 is 3.35. The van der Waals surface area contributed by atoms with Crippen molar-refractivity contribution in [1.29, 1.82) is 0 Å². The molecule has 0 aliphatic rings. The Bertz CT molecular complexity index is 618. The molecule has 0 saturated carbocycles. The van der Waals surface area contributed by atoms with Crippen molar-refractivity contribution in [2.45, 2.75) is 13.3 Å². The molecule has 0 aromatic heterocycles. The molecular formula is C15H11BrF2O. The first-order valence-electron chi connectivity index (χ1n) is 5.70. The molecule has 2 rings (SSSR count). The first-order chi connectivity index (χ1) is 8.97. The first kappa shape index (κ1) is 13.9. The Morgan fingerprint density at radius 2 is 1.79 bits per heavy atom. The van der Waals surface area contributed by atoms with Crippen LogP contribution in [0.5, 0.6) is 0 Å². The summed E-state index contributed by atoms with van der Waals surface area (Å²) in [6.07, 6.45) is -0.0219. The maximum absolute atomic E-state index is 13.1. The van der Waals surface area contributed by atoms with E-state index in [1.165, 1.54) is 12.1 Å². The van der Waals surface area contributed by atoms with Crippen LogP contribution in [0.15, 0.2) is 40.9 Å². The summed E-state index contributed by atoms with van der Waals surface area (Å²) in [5, 5.41) is 0. The second-order valence-corrected chi connectivity index (χ2v) is 5.14. The summed E-state index contributed by atoms with van der Waals surface area (Å²) in [5.74, 6) is -1.51. The van der Waals surface area contributed by atoms with E-state index in [1.54, 1.807) is 12.1 Å². The number of rotatable bonds is 3. The average molecular weight is 325 g/mol. The third kappa shape index (κ3) is 3.26. The fraction of sp³-hybridized carbons (Fsp3) is 0.133. The van der Waals surface area contributed by atoms with Crippen LogP contribution in [0.3, 0.4) is 0 Å². The minimum Gasteiger partial charge on any atom is -0.294 e. The van der Waals surface area contributed by atoms with E-state index in [9.17, 15) is 13.6 Å². The highest BCUT2D eigenvalue weighted by Gasteiger charge is 2.12. The van der Waals surface area contributed by atoms with Crippen molar-refractivity contribution in [1.82, 2.24) is 0 Å². The maximum Gasteiger partial charge on any atom is 0.167 e. The van der Waals surface area contributed by atoms with E-state index in [1.807, 2.05) is 13.0 Å². The molecule has 0 radical (unpaired) electrons. The van der Waals surface area contributed by atoms with Crippen LogP contribution < -0.4 is 0 Å². The van der Waals surface area contributed by atoms with Gasteiger partial charge >= 0.3 is 0 Å². The molecule has 0 aliphatic heterocycles. The van der Waals surface area contributed by atoms with Gasteiger partial charge in [0.1, 0.15) is 11.6 Å². The lowest BCUT2D eigenvalue weighted by Gasteiger charge is -2.07. The smallest absolute Gasteiger partial charge is 0.167 e. The molecule has 4 heteroatoms. The van der Waals surface area contributed by atoms with Gasteiger partial charge in [0.05, 0.1) is 0 Å². The SMILES string of the molecule is Cc1c(Br)cccc1C(=O)Cc1cc(F)cc(F)c1. The fourth-order valence-electron chi connectivity index (χ4n) is 1.90. The van der Waals surface area contributed by atoms with E-state index in [2.05, 4.69) is 15.9 Å². The van der Waals surface area contributed by atoms with Crippen molar-refractivity contribution in [3.63, 3.8) is 0 Å². The lowest BCUT2D eigenvalue weighted by atomic mass is 9.99. The number of hydrogen-bond acceptors (Lipinski definition) is 1. The summed E-state index contributed by atoms with van der Waals surface area (Å²) in [6.45, 7) is 1.82. The van der Waals surface area contributed by atoms with Crippen LogP contribution in [0.1, 0.15) is 21.5 Å². The third-order valence-corrected chi connectivity index (χ3v) is 3.71. The number of halogens is 3. The van der Waals surface area contributed by atoms with Gasteiger partial charge in [-0.3, -0.25) is 4.79 Å². The minimum atomic E-state index is -0.672. The van der Waals surface area contributed by atoms with E-state index < -0.39 is 11.6 Å². The van der Waals surface area contributed by atoms with Gasteiger partial charge in [-0.2, -0.15) is 0 Å². The van der Waals surface area contributed by atoms with E-state index in [-0.39, 0.29) is 12.2 Å². The molecule has 0 spiro atoms. The lowest BCUT2D eigenvalue weighted by molar-refractivity contribution is 0.0992. The number of hydrogen-bond donors (Lipinski definition) is 0. The first-order valence-corrected chi connectivity index (χ1v) is 6.50. The highest BCUT2D eigenvalue weighted by Crippen LogP contribution is 2.21. The summed E-state index contributed by atoms with van der Waals surface area (Å²) in [4.78, 5) is 12.1. The van der Waals surface area contributed by atoms with Gasteiger partial charge in [0.15, 0.2) is 5.78 Å². The molecule has 0 amide bonds. The predicted molar refractivity (Wildman–Crippen MR) is 73.3 cm³/mol. The molecule has 0 atom stereocenters. The van der Waals surface area contributed by atoms with Crippen molar-refractivity contribution >= 4 is 21.7 Å². The number of carbonyl (C=O) groups excluding carboxylic acids is 1. The third-order valence-electron chi connectivity index (χ3n) is 2.86. The molecule has 2 aromatic rings. The van der Waals surface area contributed by atoms with E-state index >= 15 is 0 Å². The van der Waals surface area contributed by atoms with Gasteiger partial charge in [-0.15, -0.1) is 0 Å². The van der Waals surface area contributed by atoms with Gasteiger partial charge in [0, 0.05) is 22.5 Å². The number of carbonyl (C=O) groups is 1. The van der Waals surface area contributed by atoms with Crippen LogP contribution in [0.2, 0.25) is 0 Å². The van der Waals surface area contributed by atoms with Crippen molar-refractivity contribution in [2.75, 3.05) is 0 Å². The van der Waals surface area contributed by atoms with Crippen molar-refractivity contribution < 1.29 is 13.6 Å². The average Bonchev–Trinajstić information content (AvgIpc) is 2.31. The molecule has 0 N–H and O–H groups in total. The largest absolute Gasteiger partial charge is 0.294 e. The Morgan fingerprint density at radius 1 is 1.16 bits per heavy atom. The Hall–Kier alpha value is -1.55. The molecule has 19 heavy (non-hydrogen) atoms. The summed E-state index contributed by atoms with van der Waals surface area (Å²) in [7, 11) is 0. The molecule has 2 aromatic carbocycles. The summed E-state index contributed by atoms with van der Waals surface area (Å²) < 4.78 is 27.0. The Balaban J connectivity index is 2.28. The molecule has 0 fully saturated rings. The summed E-state index contributed by atoms with van der Waals surface area (Å²) in [5.41, 5.74) is 1.71. The molecule has 1 nitrogen and oxygen atoms in total. The second-order valence-electron chi connectivity index (χ2n) is 4.29. The molecule has 0 bridgehead atoms. The van der Waals surface area contributed by atoms with Crippen LogP contribution in [0.25, 0.3) is 0 Å². The number of ketones is 1. The monoisotopic (exact) mass is 324 g/mol. The van der Waals surface area contributed by atoms with Crippen LogP contribution in [0, 0.1) is 18.6 Å². The normalized spacial score (nSPS) is 10.5. The van der Waals surface area contributed by atoms with Crippen LogP contribution in [-0.4, -0.2) is 5.78 Å². The van der Waals surface area contributed by atoms with Crippen LogP contribution in [0.4, 0.5) is 8.78 Å². The summed E-state index contributed by atoms with van der Waals surface area (Å²) in [6, 6.07) is 8.45. The van der Waals surface area contributed by atoms with Gasteiger partial charge in [-0.1, -0.05) is 28.1 Å². The molecule has 98 valence electrons. The van der Waals surface area contributed by atoms with Crippen LogP contribution >= 0.6 is 15.9 Å². The van der Waals surface area contributed by atoms with Crippen LogP contribution in [-0.2, 0) is 6.42 Å². The molecule has 0 aliphatic carbocycles. The minimum absolute atomic E-state index is 0.0219. The Morgan fingerprint density at radius 3 is 2.42 bits per heavy atom. The van der Waals surface area contributed by atoms with Crippen molar-refractivity contribution in [3.8, 4) is 0 Å². The van der Waals surface area contributed by atoms with E-state index in [4.69, 9.17) is 0 Å². The molecule has 0 unspecified atom stereocenters. The van der Waals surface area contributed by atoms with Gasteiger partial charge in [0.25, 0.3) is 0 Å². The van der Waals surface area contributed by atoms with Gasteiger partial charge in [-0.05, 0) is 36.2 Å². The van der Waals surface area contributed by atoms with Gasteiger partial charge in [0.2, 0.25) is 0 Å². The van der Waals surface area contributed by atoms with Crippen molar-refractivity contribution in [3.05, 3.63) is 69.2 Å². The maximum atomic E-state index is 13.1. The Kier molecular flexibility index (Phi) is 4.10. The zero-order valence-corrected chi connectivity index (χ0v) is 11.8. The standard InChI is InChI=1S/C15H11BrF2O/c1-9-13(3-2-4-14(9)16)15(19)7-10-5-11(17)8-12(18)6-10/h2-6,8H,7H2,1H3.